The van der Waals surface area contributed by atoms with E-state index in [1.165, 1.54) is 44.9 Å². The van der Waals surface area contributed by atoms with Crippen LogP contribution in [-0.2, 0) is 4.74 Å². The number of hydrogen-bond acceptors (Lipinski definition) is 2. The van der Waals surface area contributed by atoms with Crippen molar-refractivity contribution in [3.8, 4) is 0 Å². The molecule has 2 nitrogen and oxygen atoms in total. The monoisotopic (exact) mass is 213 g/mol. The Balaban J connectivity index is 2.20. The number of unbranched alkanes of at least 4 members (excludes halogenated alkanes) is 1. The Hall–Kier alpha value is -0.0800. The highest BCUT2D eigenvalue weighted by Gasteiger charge is 2.36. The fraction of sp³-hybridized carbons (Fsp3) is 1.00. The van der Waals surface area contributed by atoms with Gasteiger partial charge in [-0.05, 0) is 32.1 Å². The first kappa shape index (κ1) is 13.0. The Bertz CT molecular complexity index is 160. The lowest BCUT2D eigenvalue weighted by Crippen LogP contribution is -2.50. The molecule has 0 bridgehead atoms. The second-order valence-electron chi connectivity index (χ2n) is 4.87. The fourth-order valence-corrected chi connectivity index (χ4v) is 2.26. The quantitative estimate of drug-likeness (QED) is 0.669. The Labute approximate surface area is 94.8 Å². The van der Waals surface area contributed by atoms with E-state index >= 15 is 0 Å². The first-order valence-corrected chi connectivity index (χ1v) is 6.55. The SMILES string of the molecule is CCCCC(CC)NCC1(OC)CCC1. The van der Waals surface area contributed by atoms with Crippen molar-refractivity contribution in [3.05, 3.63) is 0 Å². The molecule has 0 aromatic heterocycles. The van der Waals surface area contributed by atoms with Crippen molar-refractivity contribution in [2.24, 2.45) is 0 Å². The van der Waals surface area contributed by atoms with Gasteiger partial charge in [0.2, 0.25) is 0 Å². The summed E-state index contributed by atoms with van der Waals surface area (Å²) in [5.41, 5.74) is 0.180. The summed E-state index contributed by atoms with van der Waals surface area (Å²) in [6.45, 7) is 5.58. The van der Waals surface area contributed by atoms with Gasteiger partial charge in [-0.1, -0.05) is 26.7 Å². The zero-order valence-corrected chi connectivity index (χ0v) is 10.6. The summed E-state index contributed by atoms with van der Waals surface area (Å²) in [7, 11) is 1.85. The van der Waals surface area contributed by atoms with Gasteiger partial charge in [0, 0.05) is 19.7 Å². The van der Waals surface area contributed by atoms with Crippen molar-refractivity contribution in [1.82, 2.24) is 5.32 Å². The molecule has 0 amide bonds. The molecule has 0 radical (unpaired) electrons. The minimum Gasteiger partial charge on any atom is -0.377 e. The molecule has 1 saturated carbocycles. The molecule has 2 heteroatoms. The Kier molecular flexibility index (Phi) is 5.62. The molecule has 0 aromatic carbocycles. The first-order valence-electron chi connectivity index (χ1n) is 6.55. The Morgan fingerprint density at radius 2 is 2.07 bits per heavy atom. The Morgan fingerprint density at radius 1 is 1.33 bits per heavy atom. The highest BCUT2D eigenvalue weighted by Crippen LogP contribution is 2.34. The van der Waals surface area contributed by atoms with Crippen LogP contribution >= 0.6 is 0 Å². The highest BCUT2D eigenvalue weighted by molar-refractivity contribution is 4.92. The van der Waals surface area contributed by atoms with Crippen LogP contribution in [0.2, 0.25) is 0 Å². The third-order valence-corrected chi connectivity index (χ3v) is 3.81. The molecule has 1 aliphatic carbocycles. The van der Waals surface area contributed by atoms with E-state index in [4.69, 9.17) is 4.74 Å². The maximum atomic E-state index is 5.61. The molecule has 1 atom stereocenters. The molecule has 0 heterocycles. The van der Waals surface area contributed by atoms with E-state index in [1.54, 1.807) is 0 Å². The molecular formula is C13H27NO. The van der Waals surface area contributed by atoms with Gasteiger partial charge in [-0.3, -0.25) is 0 Å². The summed E-state index contributed by atoms with van der Waals surface area (Å²) >= 11 is 0. The van der Waals surface area contributed by atoms with Crippen LogP contribution in [0.25, 0.3) is 0 Å². The van der Waals surface area contributed by atoms with Gasteiger partial charge in [0.05, 0.1) is 5.60 Å². The average molecular weight is 213 g/mol. The lowest BCUT2D eigenvalue weighted by molar-refractivity contribution is -0.0710. The average Bonchev–Trinajstić information content (AvgIpc) is 2.21. The summed E-state index contributed by atoms with van der Waals surface area (Å²) in [5, 5.41) is 3.67. The molecule has 0 spiro atoms. The second-order valence-corrected chi connectivity index (χ2v) is 4.87. The zero-order valence-electron chi connectivity index (χ0n) is 10.6. The molecule has 1 aliphatic rings. The second kappa shape index (κ2) is 6.49. The van der Waals surface area contributed by atoms with Crippen molar-refractivity contribution in [2.45, 2.75) is 70.4 Å². The molecule has 0 saturated heterocycles. The zero-order chi connectivity index (χ0) is 11.1. The maximum absolute atomic E-state index is 5.61. The lowest BCUT2D eigenvalue weighted by atomic mass is 9.79. The topological polar surface area (TPSA) is 21.3 Å². The van der Waals surface area contributed by atoms with Gasteiger partial charge in [-0.25, -0.2) is 0 Å². The molecule has 1 N–H and O–H groups in total. The van der Waals surface area contributed by atoms with Crippen LogP contribution in [0.15, 0.2) is 0 Å². The van der Waals surface area contributed by atoms with E-state index in [0.717, 1.165) is 6.54 Å². The number of hydrogen-bond donors (Lipinski definition) is 1. The van der Waals surface area contributed by atoms with Gasteiger partial charge in [-0.15, -0.1) is 0 Å². The van der Waals surface area contributed by atoms with Crippen LogP contribution in [-0.4, -0.2) is 25.3 Å². The Morgan fingerprint density at radius 3 is 2.47 bits per heavy atom. The van der Waals surface area contributed by atoms with E-state index in [-0.39, 0.29) is 5.60 Å². The van der Waals surface area contributed by atoms with E-state index in [1.807, 2.05) is 7.11 Å². The standard InChI is InChI=1S/C13H27NO/c1-4-6-8-12(5-2)14-11-13(15-3)9-7-10-13/h12,14H,4-11H2,1-3H3. The van der Waals surface area contributed by atoms with Crippen LogP contribution in [0.3, 0.4) is 0 Å². The van der Waals surface area contributed by atoms with Crippen LogP contribution in [0.4, 0.5) is 0 Å². The fourth-order valence-electron chi connectivity index (χ4n) is 2.26. The van der Waals surface area contributed by atoms with Crippen molar-refractivity contribution < 1.29 is 4.74 Å². The number of nitrogens with one attached hydrogen (secondary N) is 1. The number of methoxy groups -OCH3 is 1. The van der Waals surface area contributed by atoms with E-state index in [0.29, 0.717) is 6.04 Å². The molecule has 0 aliphatic heterocycles. The number of ether oxygens (including phenoxy) is 1. The van der Waals surface area contributed by atoms with Gasteiger partial charge in [-0.2, -0.15) is 0 Å². The first-order chi connectivity index (χ1) is 7.26. The molecule has 0 aromatic rings. The summed E-state index contributed by atoms with van der Waals surface area (Å²) in [6.07, 6.45) is 8.99. The highest BCUT2D eigenvalue weighted by atomic mass is 16.5. The molecule has 1 rings (SSSR count). The van der Waals surface area contributed by atoms with Crippen molar-refractivity contribution in [2.75, 3.05) is 13.7 Å². The van der Waals surface area contributed by atoms with E-state index in [9.17, 15) is 0 Å². The molecule has 1 fully saturated rings. The predicted molar refractivity (Wildman–Crippen MR) is 65.2 cm³/mol. The molecule has 1 unspecified atom stereocenters. The van der Waals surface area contributed by atoms with Crippen LogP contribution < -0.4 is 5.32 Å². The van der Waals surface area contributed by atoms with Gasteiger partial charge < -0.3 is 10.1 Å². The van der Waals surface area contributed by atoms with Crippen molar-refractivity contribution in [3.63, 3.8) is 0 Å². The summed E-state index contributed by atoms with van der Waals surface area (Å²) in [5.74, 6) is 0. The van der Waals surface area contributed by atoms with Gasteiger partial charge in [0.25, 0.3) is 0 Å². The minimum atomic E-state index is 0.180. The predicted octanol–water partition coefficient (Wildman–Crippen LogP) is 3.11. The third-order valence-electron chi connectivity index (χ3n) is 3.81. The van der Waals surface area contributed by atoms with Crippen LogP contribution in [0, 0.1) is 0 Å². The molecular weight excluding hydrogens is 186 g/mol. The summed E-state index contributed by atoms with van der Waals surface area (Å²) < 4.78 is 5.61. The van der Waals surface area contributed by atoms with Crippen LogP contribution in [0.1, 0.15) is 58.8 Å². The van der Waals surface area contributed by atoms with Gasteiger partial charge >= 0.3 is 0 Å². The molecule has 90 valence electrons. The molecule has 15 heavy (non-hydrogen) atoms. The van der Waals surface area contributed by atoms with Gasteiger partial charge in [0.1, 0.15) is 0 Å². The lowest BCUT2D eigenvalue weighted by Gasteiger charge is -2.41. The minimum absolute atomic E-state index is 0.180. The summed E-state index contributed by atoms with van der Waals surface area (Å²) in [6, 6.07) is 0.692. The summed E-state index contributed by atoms with van der Waals surface area (Å²) in [4.78, 5) is 0. The largest absolute Gasteiger partial charge is 0.377 e. The van der Waals surface area contributed by atoms with Crippen molar-refractivity contribution >= 4 is 0 Å². The van der Waals surface area contributed by atoms with Crippen LogP contribution in [0.5, 0.6) is 0 Å². The third kappa shape index (κ3) is 3.76. The van der Waals surface area contributed by atoms with Gasteiger partial charge in [0.15, 0.2) is 0 Å². The number of rotatable bonds is 8. The van der Waals surface area contributed by atoms with E-state index in [2.05, 4.69) is 19.2 Å². The smallest absolute Gasteiger partial charge is 0.0802 e. The maximum Gasteiger partial charge on any atom is 0.0802 e. The normalized spacial score (nSPS) is 21.0. The van der Waals surface area contributed by atoms with E-state index < -0.39 is 0 Å². The van der Waals surface area contributed by atoms with Crippen molar-refractivity contribution in [1.29, 1.82) is 0 Å².